The quantitative estimate of drug-likeness (QED) is 0.382. The summed E-state index contributed by atoms with van der Waals surface area (Å²) in [4.78, 5) is 3.92. The highest BCUT2D eigenvalue weighted by molar-refractivity contribution is 14.1. The molecule has 0 saturated carbocycles. The van der Waals surface area contributed by atoms with Gasteiger partial charge in [-0.05, 0) is 89.4 Å². The zero-order valence-electron chi connectivity index (χ0n) is 15.0. The van der Waals surface area contributed by atoms with E-state index >= 15 is 0 Å². The minimum Gasteiger partial charge on any atom is -0.356 e. The maximum Gasteiger partial charge on any atom is 0.206 e. The third-order valence-corrected chi connectivity index (χ3v) is 7.96. The molecule has 0 spiro atoms. The number of fused-ring (bicyclic) bond motifs is 3. The third-order valence-electron chi connectivity index (χ3n) is 5.47. The predicted molar refractivity (Wildman–Crippen MR) is 115 cm³/mol. The molecule has 1 aliphatic rings. The van der Waals surface area contributed by atoms with E-state index in [9.17, 15) is 8.42 Å². The Morgan fingerprint density at radius 1 is 1.15 bits per heavy atom. The van der Waals surface area contributed by atoms with Crippen LogP contribution >= 0.6 is 22.6 Å². The normalized spacial score (nSPS) is 19.2. The molecule has 1 aliphatic carbocycles. The van der Waals surface area contributed by atoms with Gasteiger partial charge in [-0.25, -0.2) is 8.42 Å². The van der Waals surface area contributed by atoms with Gasteiger partial charge < -0.3 is 16.5 Å². The van der Waals surface area contributed by atoms with Gasteiger partial charge in [0.05, 0.1) is 15.5 Å². The lowest BCUT2D eigenvalue weighted by molar-refractivity contribution is 0.289. The second-order valence-electron chi connectivity index (χ2n) is 7.37. The zero-order chi connectivity index (χ0) is 19.4. The fourth-order valence-corrected chi connectivity index (χ4v) is 5.63. The summed E-state index contributed by atoms with van der Waals surface area (Å²) in [6.45, 7) is 2.13. The molecule has 0 amide bonds. The van der Waals surface area contributed by atoms with Crippen LogP contribution in [-0.2, 0) is 21.9 Å². The fraction of sp³-hybridized carbons (Fsp3) is 0.300. The summed E-state index contributed by atoms with van der Waals surface area (Å²) >= 11 is 2.16. The molecule has 0 bridgehead atoms. The van der Waals surface area contributed by atoms with Crippen LogP contribution in [0.25, 0.3) is 10.9 Å². The number of H-pyrrole nitrogens is 1. The highest BCUT2D eigenvalue weighted by Crippen LogP contribution is 2.39. The van der Waals surface area contributed by atoms with Gasteiger partial charge in [0.25, 0.3) is 0 Å². The summed E-state index contributed by atoms with van der Waals surface area (Å²) in [5.41, 5.74) is 14.6. The molecule has 1 atom stereocenters. The number of nitrogens with one attached hydrogen (secondary N) is 1. The van der Waals surface area contributed by atoms with Crippen LogP contribution in [0.4, 0.5) is 0 Å². The fourth-order valence-electron chi connectivity index (χ4n) is 3.98. The molecule has 2 aromatic carbocycles. The van der Waals surface area contributed by atoms with E-state index in [0.717, 1.165) is 45.0 Å². The van der Waals surface area contributed by atoms with E-state index in [4.69, 9.17) is 11.5 Å². The van der Waals surface area contributed by atoms with Crippen LogP contribution in [0.3, 0.4) is 0 Å². The Bertz CT molecular complexity index is 1120. The number of hydrogen-bond acceptors (Lipinski definition) is 4. The maximum atomic E-state index is 13.1. The number of halogens is 1. The van der Waals surface area contributed by atoms with Gasteiger partial charge in [-0.1, -0.05) is 13.3 Å². The number of benzene rings is 2. The van der Waals surface area contributed by atoms with Crippen molar-refractivity contribution in [3.05, 3.63) is 57.3 Å². The largest absolute Gasteiger partial charge is 0.356 e. The average Bonchev–Trinajstić information content (AvgIpc) is 3.00. The van der Waals surface area contributed by atoms with E-state index in [0.29, 0.717) is 10.8 Å². The topological polar surface area (TPSA) is 102 Å². The van der Waals surface area contributed by atoms with Crippen LogP contribution in [0.2, 0.25) is 0 Å². The maximum absolute atomic E-state index is 13.1. The molecule has 5 nitrogen and oxygen atoms in total. The van der Waals surface area contributed by atoms with Gasteiger partial charge in [0.1, 0.15) is 5.66 Å². The van der Waals surface area contributed by atoms with Gasteiger partial charge in [0.15, 0.2) is 0 Å². The number of nitrogens with two attached hydrogens (primary N) is 2. The van der Waals surface area contributed by atoms with Crippen molar-refractivity contribution in [3.63, 3.8) is 0 Å². The van der Waals surface area contributed by atoms with Crippen LogP contribution in [0.1, 0.15) is 31.0 Å². The number of rotatable bonds is 3. The standard InChI is InChI=1S/C20H22IN3O2S/c1-2-12-9-17-16-10-15(27(25,26)14-5-3-13(21)4-6-14)7-8-18(16)24-19(17)20(22,23)11-12/h3-8,10,12,24H,2,9,11,22-23H2,1H3. The summed E-state index contributed by atoms with van der Waals surface area (Å²) in [5.74, 6) is 0.392. The van der Waals surface area contributed by atoms with Gasteiger partial charge in [-0.15, -0.1) is 0 Å². The van der Waals surface area contributed by atoms with Crippen LogP contribution in [-0.4, -0.2) is 13.4 Å². The molecule has 0 radical (unpaired) electrons. The predicted octanol–water partition coefficient (Wildman–Crippen LogP) is 3.65. The van der Waals surface area contributed by atoms with Gasteiger partial charge in [-0.3, -0.25) is 0 Å². The first-order valence-electron chi connectivity index (χ1n) is 8.96. The van der Waals surface area contributed by atoms with Crippen LogP contribution in [0.15, 0.2) is 52.3 Å². The first kappa shape index (κ1) is 18.9. The molecule has 5 N–H and O–H groups in total. The van der Waals surface area contributed by atoms with E-state index < -0.39 is 15.5 Å². The van der Waals surface area contributed by atoms with E-state index in [-0.39, 0.29) is 4.90 Å². The van der Waals surface area contributed by atoms with Gasteiger partial charge in [-0.2, -0.15) is 0 Å². The van der Waals surface area contributed by atoms with Crippen molar-refractivity contribution in [2.75, 3.05) is 0 Å². The lowest BCUT2D eigenvalue weighted by Crippen LogP contribution is -2.50. The van der Waals surface area contributed by atoms with Gasteiger partial charge in [0, 0.05) is 14.5 Å². The molecule has 0 aliphatic heterocycles. The Hall–Kier alpha value is -1.42. The Balaban J connectivity index is 1.87. The Morgan fingerprint density at radius 2 is 1.81 bits per heavy atom. The molecule has 27 heavy (non-hydrogen) atoms. The highest BCUT2D eigenvalue weighted by Gasteiger charge is 2.36. The number of sulfone groups is 1. The first-order valence-corrected chi connectivity index (χ1v) is 11.5. The zero-order valence-corrected chi connectivity index (χ0v) is 18.0. The second-order valence-corrected chi connectivity index (χ2v) is 10.6. The van der Waals surface area contributed by atoms with Crippen LogP contribution < -0.4 is 11.5 Å². The monoisotopic (exact) mass is 495 g/mol. The summed E-state index contributed by atoms with van der Waals surface area (Å²) < 4.78 is 27.1. The van der Waals surface area contributed by atoms with E-state index in [1.165, 1.54) is 0 Å². The van der Waals surface area contributed by atoms with Crippen LogP contribution in [0, 0.1) is 9.49 Å². The average molecular weight is 495 g/mol. The molecule has 1 aromatic heterocycles. The Labute approximate surface area is 172 Å². The molecule has 0 fully saturated rings. The number of aromatic nitrogens is 1. The van der Waals surface area contributed by atoms with Crippen molar-refractivity contribution >= 4 is 43.3 Å². The second kappa shape index (κ2) is 6.58. The van der Waals surface area contributed by atoms with Crippen LogP contribution in [0.5, 0.6) is 0 Å². The molecular formula is C20H22IN3O2S. The van der Waals surface area contributed by atoms with Crippen molar-refractivity contribution in [2.24, 2.45) is 17.4 Å². The molecule has 1 unspecified atom stereocenters. The molecule has 4 rings (SSSR count). The third kappa shape index (κ3) is 3.20. The number of hydrogen-bond donors (Lipinski definition) is 3. The molecule has 0 saturated heterocycles. The molecule has 142 valence electrons. The lowest BCUT2D eigenvalue weighted by Gasteiger charge is -2.34. The van der Waals surface area contributed by atoms with E-state index in [1.54, 1.807) is 36.4 Å². The van der Waals surface area contributed by atoms with Gasteiger partial charge in [0.2, 0.25) is 9.84 Å². The summed E-state index contributed by atoms with van der Waals surface area (Å²) in [7, 11) is -3.58. The lowest BCUT2D eigenvalue weighted by atomic mass is 9.79. The number of aromatic amines is 1. The highest BCUT2D eigenvalue weighted by atomic mass is 127. The summed E-state index contributed by atoms with van der Waals surface area (Å²) in [5, 5.41) is 0.898. The Kier molecular flexibility index (Phi) is 4.61. The smallest absolute Gasteiger partial charge is 0.206 e. The summed E-state index contributed by atoms with van der Waals surface area (Å²) in [6.07, 6.45) is 2.56. The minimum absolute atomic E-state index is 0.288. The van der Waals surface area contributed by atoms with Gasteiger partial charge >= 0.3 is 0 Å². The van der Waals surface area contributed by atoms with Crippen molar-refractivity contribution in [2.45, 2.75) is 41.6 Å². The van der Waals surface area contributed by atoms with E-state index in [1.807, 2.05) is 6.07 Å². The van der Waals surface area contributed by atoms with Crippen molar-refractivity contribution in [1.29, 1.82) is 0 Å². The minimum atomic E-state index is -3.58. The summed E-state index contributed by atoms with van der Waals surface area (Å²) in [6, 6.07) is 12.1. The molecule has 1 heterocycles. The first-order chi connectivity index (χ1) is 12.7. The van der Waals surface area contributed by atoms with Crippen molar-refractivity contribution < 1.29 is 8.42 Å². The van der Waals surface area contributed by atoms with Crippen molar-refractivity contribution in [3.8, 4) is 0 Å². The van der Waals surface area contributed by atoms with E-state index in [2.05, 4.69) is 34.5 Å². The molecular weight excluding hydrogens is 473 g/mol. The molecule has 7 heteroatoms. The molecule has 3 aromatic rings. The Morgan fingerprint density at radius 3 is 2.48 bits per heavy atom. The SMILES string of the molecule is CCC1Cc2c([nH]c3ccc(S(=O)(=O)c4ccc(I)cc4)cc23)C(N)(N)C1. The van der Waals surface area contributed by atoms with Crippen molar-refractivity contribution in [1.82, 2.24) is 4.98 Å².